The van der Waals surface area contributed by atoms with Crippen molar-refractivity contribution >= 4 is 116 Å². The zero-order valence-electron chi connectivity index (χ0n) is 54.2. The number of anilines is 11. The topological polar surface area (TPSA) is 309 Å². The van der Waals surface area contributed by atoms with Crippen LogP contribution in [0.25, 0.3) is 0 Å². The molecular weight excluding hydrogens is 1220 g/mol. The molecule has 0 aliphatic rings. The van der Waals surface area contributed by atoms with E-state index in [4.69, 9.17) is 60.5 Å². The summed E-state index contributed by atoms with van der Waals surface area (Å²) in [5.74, 6) is 2.07. The van der Waals surface area contributed by atoms with E-state index in [-0.39, 0.29) is 0 Å². The second kappa shape index (κ2) is 39.1. The lowest BCUT2D eigenvalue weighted by molar-refractivity contribution is 0.0624. The second-order valence-corrected chi connectivity index (χ2v) is 23.3. The smallest absolute Gasteiger partial charge is 0.412 e. The number of rotatable bonds is 14. The van der Waals surface area contributed by atoms with E-state index < -0.39 is 35.1 Å². The molecular formula is C65H86Cl3N17O6. The first-order valence-corrected chi connectivity index (χ1v) is 30.3. The van der Waals surface area contributed by atoms with Gasteiger partial charge in [0, 0.05) is 81.2 Å². The number of aryl methyl sites for hydroxylation is 2. The molecule has 0 spiro atoms. The van der Waals surface area contributed by atoms with Gasteiger partial charge in [0.2, 0.25) is 0 Å². The first kappa shape index (κ1) is 76.1. The number of hydrogen-bond donors (Lipinski definition) is 8. The zero-order chi connectivity index (χ0) is 67.6. The average Bonchev–Trinajstić information content (AvgIpc) is 1.61. The van der Waals surface area contributed by atoms with Crippen LogP contribution in [0, 0.1) is 0 Å². The van der Waals surface area contributed by atoms with Crippen LogP contribution in [0.1, 0.15) is 108 Å². The van der Waals surface area contributed by atoms with Crippen LogP contribution < -0.4 is 43.4 Å². The van der Waals surface area contributed by atoms with Gasteiger partial charge in [0.05, 0.1) is 0 Å². The summed E-state index contributed by atoms with van der Waals surface area (Å²) in [6.07, 6.45) is 6.05. The van der Waals surface area contributed by atoms with Crippen LogP contribution in [0.15, 0.2) is 147 Å². The van der Waals surface area contributed by atoms with E-state index in [1.165, 1.54) is 44.7 Å². The third-order valence-electron chi connectivity index (χ3n) is 11.0. The van der Waals surface area contributed by atoms with Crippen LogP contribution in [-0.2, 0) is 27.1 Å². The standard InChI is InChI=1S/C17H22N4O2.C15H17ClN4O2.C12H14N4.C11H16N2O2.C6H15N.C4H2Cl2N2/c1-5-12-10-15(19-11-18-12)20-13-7-6-8-14(9-13)21-16(22)23-17(2,3)4;1-15(2,3)22-14(21)20-11-6-4-5-10(7-11)19-13-8-12(16)17-9-18-13;1-2-10-7-12(15-8-14-10)16-11-5-3-4-9(13)6-11;1-11(2,3)15-10(14)13-9-6-4-5-8(12)7-9;1-4-7(5-2)6-3;5-3-1-4(6)8-2-7-3/h6-11H,5H2,1-4H3,(H,21,22)(H,18,19,20);4-9H,1-3H3,(H,20,21)(H,17,18,19);3-8H,2,13H2,1H3,(H,14,15,16);4-7H,12H2,1-3H3,(H,13,14);4-6H2,1-3H3;1-2H. The summed E-state index contributed by atoms with van der Waals surface area (Å²) >= 11 is 16.6. The van der Waals surface area contributed by atoms with Gasteiger partial charge >= 0.3 is 18.3 Å². The predicted octanol–water partition coefficient (Wildman–Crippen LogP) is 16.5. The molecule has 0 bridgehead atoms. The molecule has 26 heteroatoms. The Balaban J connectivity index is 0.000000297. The maximum Gasteiger partial charge on any atom is 0.412 e. The molecule has 8 aromatic rings. The molecule has 0 saturated heterocycles. The van der Waals surface area contributed by atoms with Crippen molar-refractivity contribution in [3.8, 4) is 0 Å². The van der Waals surface area contributed by atoms with Gasteiger partial charge in [0.25, 0.3) is 0 Å². The van der Waals surface area contributed by atoms with Gasteiger partial charge in [0.1, 0.15) is 75.0 Å². The van der Waals surface area contributed by atoms with Gasteiger partial charge in [-0.3, -0.25) is 16.0 Å². The Hall–Kier alpha value is -9.16. The molecule has 0 aliphatic heterocycles. The number of nitrogens with zero attached hydrogens (tertiary/aromatic N) is 9. The van der Waals surface area contributed by atoms with Crippen LogP contribution in [0.3, 0.4) is 0 Å². The molecule has 91 heavy (non-hydrogen) atoms. The fourth-order valence-electron chi connectivity index (χ4n) is 6.99. The summed E-state index contributed by atoms with van der Waals surface area (Å²) in [5.41, 5.74) is 17.4. The molecule has 4 heterocycles. The van der Waals surface area contributed by atoms with E-state index in [0.29, 0.717) is 49.8 Å². The molecule has 0 saturated carbocycles. The van der Waals surface area contributed by atoms with Crippen molar-refractivity contribution in [1.82, 2.24) is 44.8 Å². The second-order valence-electron chi connectivity index (χ2n) is 22.2. The first-order chi connectivity index (χ1) is 42.9. The Morgan fingerprint density at radius 3 is 0.978 bits per heavy atom. The van der Waals surface area contributed by atoms with Crippen LogP contribution >= 0.6 is 34.8 Å². The fraction of sp³-hybridized carbons (Fsp3) is 0.338. The van der Waals surface area contributed by atoms with E-state index in [1.54, 1.807) is 60.9 Å². The molecule has 0 radical (unpaired) electrons. The largest absolute Gasteiger partial charge is 0.444 e. The summed E-state index contributed by atoms with van der Waals surface area (Å²) in [4.78, 5) is 69.0. The Bertz CT molecular complexity index is 3470. The summed E-state index contributed by atoms with van der Waals surface area (Å²) in [5, 5.41) is 18.5. The number of benzene rings is 4. The number of aromatic nitrogens is 8. The minimum Gasteiger partial charge on any atom is -0.444 e. The number of carbonyl (C=O) groups is 3. The summed E-state index contributed by atoms with van der Waals surface area (Å²) in [6, 6.07) is 36.0. The van der Waals surface area contributed by atoms with E-state index in [1.807, 2.05) is 130 Å². The maximum atomic E-state index is 11.8. The van der Waals surface area contributed by atoms with Gasteiger partial charge in [0.15, 0.2) is 0 Å². The number of ether oxygens (including phenoxy) is 3. The van der Waals surface area contributed by atoms with Gasteiger partial charge in [-0.05, 0) is 168 Å². The fourth-order valence-corrected chi connectivity index (χ4v) is 7.49. The normalized spacial score (nSPS) is 10.6. The monoisotopic (exact) mass is 1310 g/mol. The van der Waals surface area contributed by atoms with E-state index in [9.17, 15) is 14.4 Å². The van der Waals surface area contributed by atoms with Crippen molar-refractivity contribution < 1.29 is 28.6 Å². The maximum absolute atomic E-state index is 11.8. The lowest BCUT2D eigenvalue weighted by Gasteiger charge is -2.19. The summed E-state index contributed by atoms with van der Waals surface area (Å²) in [6.45, 7) is 30.6. The predicted molar refractivity (Wildman–Crippen MR) is 369 cm³/mol. The molecule has 0 fully saturated rings. The van der Waals surface area contributed by atoms with Gasteiger partial charge < -0.3 is 46.5 Å². The molecule has 0 aliphatic carbocycles. The van der Waals surface area contributed by atoms with Crippen LogP contribution in [-0.4, -0.2) is 99.5 Å². The zero-order valence-corrected chi connectivity index (χ0v) is 56.4. The van der Waals surface area contributed by atoms with Crippen molar-refractivity contribution in [2.24, 2.45) is 0 Å². The number of hydrogen-bond acceptors (Lipinski definition) is 20. The van der Waals surface area contributed by atoms with E-state index in [0.717, 1.165) is 52.8 Å². The Morgan fingerprint density at radius 1 is 0.396 bits per heavy atom. The molecule has 4 aromatic heterocycles. The molecule has 0 unspecified atom stereocenters. The number of nitrogens with one attached hydrogen (secondary N) is 6. The third kappa shape index (κ3) is 35.0. The molecule has 10 N–H and O–H groups in total. The average molecular weight is 1310 g/mol. The Kier molecular flexibility index (Phi) is 32.7. The molecule has 23 nitrogen and oxygen atoms in total. The molecule has 0 atom stereocenters. The number of amides is 3. The van der Waals surface area contributed by atoms with Gasteiger partial charge in [-0.1, -0.05) is 93.7 Å². The number of carbonyl (C=O) groups excluding carboxylic acids is 3. The number of nitrogen functional groups attached to an aromatic ring is 2. The van der Waals surface area contributed by atoms with Crippen molar-refractivity contribution in [3.63, 3.8) is 0 Å². The van der Waals surface area contributed by atoms with Crippen molar-refractivity contribution in [2.75, 3.05) is 63.0 Å². The number of halogens is 3. The highest BCUT2D eigenvalue weighted by atomic mass is 35.5. The highest BCUT2D eigenvalue weighted by Gasteiger charge is 2.18. The SMILES string of the molecule is CC(C)(C)OC(=O)Nc1cccc(N)c1.CC(C)(C)OC(=O)Nc1cccc(Nc2cc(Cl)ncn2)c1.CCN(CC)CC.CCc1cc(Nc2cccc(N)c2)ncn1.CCc1cc(Nc2cccc(NC(=O)OC(C)(C)C)c2)ncn1.Clc1cc(Cl)ncn1. The highest BCUT2D eigenvalue weighted by molar-refractivity contribution is 6.33. The van der Waals surface area contributed by atoms with Gasteiger partial charge in [-0.15, -0.1) is 0 Å². The van der Waals surface area contributed by atoms with E-state index in [2.05, 4.69) is 104 Å². The first-order valence-electron chi connectivity index (χ1n) is 29.1. The summed E-state index contributed by atoms with van der Waals surface area (Å²) < 4.78 is 15.5. The molecule has 8 rings (SSSR count). The van der Waals surface area contributed by atoms with Crippen molar-refractivity contribution in [2.45, 2.75) is 127 Å². The Labute approximate surface area is 549 Å². The Morgan fingerprint density at radius 2 is 0.681 bits per heavy atom. The minimum absolute atomic E-state index is 0.348. The van der Waals surface area contributed by atoms with Crippen LogP contribution in [0.4, 0.5) is 77.3 Å². The van der Waals surface area contributed by atoms with Crippen LogP contribution in [0.2, 0.25) is 15.5 Å². The lowest BCUT2D eigenvalue weighted by Crippen LogP contribution is -2.27. The van der Waals surface area contributed by atoms with Crippen LogP contribution in [0.5, 0.6) is 0 Å². The summed E-state index contributed by atoms with van der Waals surface area (Å²) in [7, 11) is 0. The lowest BCUT2D eigenvalue weighted by atomic mass is 10.2. The quantitative estimate of drug-likeness (QED) is 0.0285. The minimum atomic E-state index is -0.544. The third-order valence-corrected chi connectivity index (χ3v) is 11.6. The van der Waals surface area contributed by atoms with Crippen molar-refractivity contribution in [3.05, 3.63) is 173 Å². The molecule has 4 aromatic carbocycles. The van der Waals surface area contributed by atoms with Gasteiger partial charge in [-0.2, -0.15) is 0 Å². The highest BCUT2D eigenvalue weighted by Crippen LogP contribution is 2.23. The van der Waals surface area contributed by atoms with Gasteiger partial charge in [-0.25, -0.2) is 54.3 Å². The van der Waals surface area contributed by atoms with Crippen molar-refractivity contribution in [1.29, 1.82) is 0 Å². The van der Waals surface area contributed by atoms with E-state index >= 15 is 0 Å². The molecule has 488 valence electrons. The molecule has 3 amide bonds. The number of nitrogens with two attached hydrogens (primary N) is 2.